The molecule has 0 saturated heterocycles. The molecule has 2 aromatic carbocycles. The molecule has 0 fully saturated rings. The van der Waals surface area contributed by atoms with E-state index in [1.54, 1.807) is 30.3 Å². The van der Waals surface area contributed by atoms with Crippen LogP contribution in [0.25, 0.3) is 11.1 Å². The van der Waals surface area contributed by atoms with Crippen molar-refractivity contribution in [1.29, 1.82) is 0 Å². The molecule has 0 aliphatic carbocycles. The van der Waals surface area contributed by atoms with E-state index in [2.05, 4.69) is 19.2 Å². The van der Waals surface area contributed by atoms with Gasteiger partial charge in [-0.15, -0.1) is 0 Å². The fourth-order valence-electron chi connectivity index (χ4n) is 1.89. The highest BCUT2D eigenvalue weighted by Gasteiger charge is 2.08. The van der Waals surface area contributed by atoms with Gasteiger partial charge < -0.3 is 5.32 Å². The molecule has 0 unspecified atom stereocenters. The highest BCUT2D eigenvalue weighted by molar-refractivity contribution is 6.42. The van der Waals surface area contributed by atoms with Crippen LogP contribution in [0.5, 0.6) is 0 Å². The smallest absolute Gasteiger partial charge is 0.131 e. The third-order valence-corrected chi connectivity index (χ3v) is 3.72. The predicted octanol–water partition coefficient (Wildman–Crippen LogP) is 5.30. The van der Waals surface area contributed by atoms with Gasteiger partial charge in [-0.3, -0.25) is 0 Å². The first-order chi connectivity index (χ1) is 9.47. The van der Waals surface area contributed by atoms with Crippen LogP contribution in [0.4, 0.5) is 4.39 Å². The lowest BCUT2D eigenvalue weighted by Crippen LogP contribution is -2.21. The van der Waals surface area contributed by atoms with Crippen molar-refractivity contribution in [2.24, 2.45) is 0 Å². The van der Waals surface area contributed by atoms with E-state index in [1.807, 2.05) is 6.07 Å². The van der Waals surface area contributed by atoms with E-state index in [4.69, 9.17) is 23.2 Å². The van der Waals surface area contributed by atoms with Crippen molar-refractivity contribution < 1.29 is 4.39 Å². The summed E-state index contributed by atoms with van der Waals surface area (Å²) in [6.45, 7) is 4.76. The van der Waals surface area contributed by atoms with Crippen molar-refractivity contribution in [2.45, 2.75) is 26.4 Å². The van der Waals surface area contributed by atoms with Crippen molar-refractivity contribution >= 4 is 23.2 Å². The molecule has 1 nitrogen and oxygen atoms in total. The van der Waals surface area contributed by atoms with Gasteiger partial charge in [0.2, 0.25) is 0 Å². The quantitative estimate of drug-likeness (QED) is 0.808. The molecule has 0 spiro atoms. The van der Waals surface area contributed by atoms with Gasteiger partial charge in [-0.2, -0.15) is 0 Å². The fourth-order valence-corrected chi connectivity index (χ4v) is 2.19. The minimum Gasteiger partial charge on any atom is -0.310 e. The summed E-state index contributed by atoms with van der Waals surface area (Å²) < 4.78 is 14.2. The summed E-state index contributed by atoms with van der Waals surface area (Å²) in [5.41, 5.74) is 2.16. The third-order valence-electron chi connectivity index (χ3n) is 2.98. The molecule has 0 atom stereocenters. The van der Waals surface area contributed by atoms with Crippen LogP contribution in [0.1, 0.15) is 19.4 Å². The molecule has 1 N–H and O–H groups in total. The van der Waals surface area contributed by atoms with E-state index in [0.717, 1.165) is 11.1 Å². The van der Waals surface area contributed by atoms with Crippen molar-refractivity contribution in [3.8, 4) is 11.1 Å². The van der Waals surface area contributed by atoms with Crippen molar-refractivity contribution in [3.63, 3.8) is 0 Å². The first-order valence-electron chi connectivity index (χ1n) is 6.44. The summed E-state index contributed by atoms with van der Waals surface area (Å²) in [6.07, 6.45) is 0. The van der Waals surface area contributed by atoms with E-state index in [0.29, 0.717) is 28.2 Å². The average molecular weight is 312 g/mol. The zero-order chi connectivity index (χ0) is 14.7. The number of rotatable bonds is 4. The Morgan fingerprint density at radius 1 is 1.05 bits per heavy atom. The maximum atomic E-state index is 14.2. The lowest BCUT2D eigenvalue weighted by molar-refractivity contribution is 0.582. The molecule has 0 saturated carbocycles. The summed E-state index contributed by atoms with van der Waals surface area (Å²) in [4.78, 5) is 0. The van der Waals surface area contributed by atoms with Gasteiger partial charge in [-0.05, 0) is 29.3 Å². The lowest BCUT2D eigenvalue weighted by atomic mass is 10.0. The molecule has 0 radical (unpaired) electrons. The van der Waals surface area contributed by atoms with Crippen LogP contribution in [-0.2, 0) is 6.54 Å². The highest BCUT2D eigenvalue weighted by Crippen LogP contribution is 2.30. The van der Waals surface area contributed by atoms with E-state index >= 15 is 0 Å². The molecule has 0 amide bonds. The SMILES string of the molecule is CC(C)NCc1ccc(-c2ccc(Cl)c(Cl)c2)c(F)c1. The molecule has 20 heavy (non-hydrogen) atoms. The Bertz CT molecular complexity index is 611. The Morgan fingerprint density at radius 3 is 2.40 bits per heavy atom. The number of hydrogen-bond donors (Lipinski definition) is 1. The Hall–Kier alpha value is -1.09. The summed E-state index contributed by atoms with van der Waals surface area (Å²) in [5, 5.41) is 4.15. The van der Waals surface area contributed by atoms with Gasteiger partial charge in [0.05, 0.1) is 10.0 Å². The van der Waals surface area contributed by atoms with Gasteiger partial charge in [0.15, 0.2) is 0 Å². The number of nitrogens with one attached hydrogen (secondary N) is 1. The van der Waals surface area contributed by atoms with Crippen LogP contribution >= 0.6 is 23.2 Å². The van der Waals surface area contributed by atoms with Crippen LogP contribution in [-0.4, -0.2) is 6.04 Å². The predicted molar refractivity (Wildman–Crippen MR) is 83.8 cm³/mol. The average Bonchev–Trinajstić information content (AvgIpc) is 2.40. The van der Waals surface area contributed by atoms with Gasteiger partial charge in [-0.1, -0.05) is 55.2 Å². The zero-order valence-electron chi connectivity index (χ0n) is 11.4. The summed E-state index contributed by atoms with van der Waals surface area (Å²) >= 11 is 11.8. The van der Waals surface area contributed by atoms with Crippen LogP contribution in [0.2, 0.25) is 10.0 Å². The summed E-state index contributed by atoms with van der Waals surface area (Å²) in [5.74, 6) is -0.258. The second-order valence-electron chi connectivity index (χ2n) is 4.98. The fraction of sp³-hybridized carbons (Fsp3) is 0.250. The van der Waals surface area contributed by atoms with Gasteiger partial charge >= 0.3 is 0 Å². The molecule has 0 heterocycles. The van der Waals surface area contributed by atoms with Crippen molar-refractivity contribution in [1.82, 2.24) is 5.32 Å². The number of hydrogen-bond acceptors (Lipinski definition) is 1. The van der Waals surface area contributed by atoms with E-state index < -0.39 is 0 Å². The molecule has 4 heteroatoms. The third kappa shape index (κ3) is 3.72. The molecule has 2 aromatic rings. The van der Waals surface area contributed by atoms with Gasteiger partial charge in [0.25, 0.3) is 0 Å². The molecule has 106 valence electrons. The summed E-state index contributed by atoms with van der Waals surface area (Å²) in [7, 11) is 0. The summed E-state index contributed by atoms with van der Waals surface area (Å²) in [6, 6.07) is 10.7. The second kappa shape index (κ2) is 6.57. The molecular weight excluding hydrogens is 296 g/mol. The number of benzene rings is 2. The maximum Gasteiger partial charge on any atom is 0.131 e. The van der Waals surface area contributed by atoms with E-state index in [9.17, 15) is 4.39 Å². The molecule has 0 bridgehead atoms. The van der Waals surface area contributed by atoms with Crippen LogP contribution in [0.3, 0.4) is 0 Å². The zero-order valence-corrected chi connectivity index (χ0v) is 12.9. The molecule has 0 aliphatic rings. The Balaban J connectivity index is 2.27. The van der Waals surface area contributed by atoms with Crippen molar-refractivity contribution in [2.75, 3.05) is 0 Å². The Kier molecular flexibility index (Phi) is 5.03. The van der Waals surface area contributed by atoms with E-state index in [1.165, 1.54) is 0 Å². The van der Waals surface area contributed by atoms with E-state index in [-0.39, 0.29) is 5.82 Å². The highest BCUT2D eigenvalue weighted by atomic mass is 35.5. The van der Waals surface area contributed by atoms with Crippen LogP contribution < -0.4 is 5.32 Å². The molecule has 0 aliphatic heterocycles. The minimum atomic E-state index is -0.258. The molecule has 2 rings (SSSR count). The largest absolute Gasteiger partial charge is 0.310 e. The maximum absolute atomic E-state index is 14.2. The monoisotopic (exact) mass is 311 g/mol. The Labute approximate surface area is 128 Å². The van der Waals surface area contributed by atoms with Gasteiger partial charge in [0.1, 0.15) is 5.82 Å². The normalized spacial score (nSPS) is 11.1. The van der Waals surface area contributed by atoms with Gasteiger partial charge in [0, 0.05) is 18.2 Å². The molecular formula is C16H16Cl2FN. The Morgan fingerprint density at radius 2 is 1.80 bits per heavy atom. The van der Waals surface area contributed by atoms with Crippen LogP contribution in [0, 0.1) is 5.82 Å². The second-order valence-corrected chi connectivity index (χ2v) is 5.79. The lowest BCUT2D eigenvalue weighted by Gasteiger charge is -2.10. The van der Waals surface area contributed by atoms with Crippen LogP contribution in [0.15, 0.2) is 36.4 Å². The van der Waals surface area contributed by atoms with Gasteiger partial charge in [-0.25, -0.2) is 4.39 Å². The number of halogens is 3. The standard InChI is InChI=1S/C16H16Cl2FN/c1-10(2)20-9-11-3-5-13(16(19)7-11)12-4-6-14(17)15(18)8-12/h3-8,10,20H,9H2,1-2H3. The topological polar surface area (TPSA) is 12.0 Å². The first kappa shape index (κ1) is 15.3. The van der Waals surface area contributed by atoms with Crippen molar-refractivity contribution in [3.05, 3.63) is 57.8 Å². The first-order valence-corrected chi connectivity index (χ1v) is 7.20. The minimum absolute atomic E-state index is 0.258. The molecule has 0 aromatic heterocycles.